The molecule has 1 aromatic carbocycles. The van der Waals surface area contributed by atoms with Crippen molar-refractivity contribution in [1.29, 1.82) is 0 Å². The van der Waals surface area contributed by atoms with Crippen molar-refractivity contribution >= 4 is 0 Å². The molecule has 0 unspecified atom stereocenters. The van der Waals surface area contributed by atoms with Crippen molar-refractivity contribution in [3.8, 4) is 23.1 Å². The maximum Gasteiger partial charge on any atom is 0.195 e. The number of benzene rings is 1. The molecule has 134 valence electrons. The Labute approximate surface area is 152 Å². The molecular formula is C20H21N3O3. The van der Waals surface area contributed by atoms with Crippen molar-refractivity contribution in [1.82, 2.24) is 14.9 Å². The van der Waals surface area contributed by atoms with Crippen LogP contribution in [0.4, 0.5) is 0 Å². The lowest BCUT2D eigenvalue weighted by Crippen LogP contribution is -2.31. The van der Waals surface area contributed by atoms with Crippen molar-refractivity contribution in [3.63, 3.8) is 0 Å². The first-order chi connectivity index (χ1) is 12.8. The Balaban J connectivity index is 1.52. The summed E-state index contributed by atoms with van der Waals surface area (Å²) in [5, 5.41) is 0. The SMILES string of the molecule is COc1ccc(OC)c(CN2CCc3nc(-c4ccco4)ncc3C2)c1. The minimum Gasteiger partial charge on any atom is -0.497 e. The average Bonchev–Trinajstić information content (AvgIpc) is 3.22. The topological polar surface area (TPSA) is 60.6 Å². The average molecular weight is 351 g/mol. The third kappa shape index (κ3) is 3.28. The van der Waals surface area contributed by atoms with E-state index in [1.54, 1.807) is 20.5 Å². The van der Waals surface area contributed by atoms with Gasteiger partial charge in [0.15, 0.2) is 11.6 Å². The van der Waals surface area contributed by atoms with Gasteiger partial charge in [0.05, 0.1) is 26.2 Å². The molecule has 0 saturated carbocycles. The lowest BCUT2D eigenvalue weighted by atomic mass is 10.1. The van der Waals surface area contributed by atoms with Crippen LogP contribution >= 0.6 is 0 Å². The van der Waals surface area contributed by atoms with Gasteiger partial charge in [-0.15, -0.1) is 0 Å². The Morgan fingerprint density at radius 1 is 1.19 bits per heavy atom. The van der Waals surface area contributed by atoms with Crippen molar-refractivity contribution < 1.29 is 13.9 Å². The number of nitrogens with zero attached hydrogens (tertiary/aromatic N) is 3. The summed E-state index contributed by atoms with van der Waals surface area (Å²) in [6, 6.07) is 9.63. The summed E-state index contributed by atoms with van der Waals surface area (Å²) < 4.78 is 16.2. The highest BCUT2D eigenvalue weighted by molar-refractivity contribution is 5.47. The molecular weight excluding hydrogens is 330 g/mol. The molecule has 6 heteroatoms. The van der Waals surface area contributed by atoms with E-state index in [4.69, 9.17) is 13.9 Å². The first-order valence-electron chi connectivity index (χ1n) is 8.58. The normalized spacial score (nSPS) is 14.1. The summed E-state index contributed by atoms with van der Waals surface area (Å²) in [6.45, 7) is 2.54. The van der Waals surface area contributed by atoms with E-state index in [0.29, 0.717) is 11.6 Å². The van der Waals surface area contributed by atoms with Crippen molar-refractivity contribution in [3.05, 3.63) is 59.6 Å². The number of methoxy groups -OCH3 is 2. The van der Waals surface area contributed by atoms with Crippen LogP contribution in [0, 0.1) is 0 Å². The van der Waals surface area contributed by atoms with Gasteiger partial charge in [0.25, 0.3) is 0 Å². The van der Waals surface area contributed by atoms with E-state index in [0.717, 1.165) is 54.4 Å². The quantitative estimate of drug-likeness (QED) is 0.703. The summed E-state index contributed by atoms with van der Waals surface area (Å²) in [6.07, 6.45) is 4.44. The van der Waals surface area contributed by atoms with Crippen LogP contribution in [0.25, 0.3) is 11.6 Å². The van der Waals surface area contributed by atoms with Crippen LogP contribution in [0.15, 0.2) is 47.2 Å². The first kappa shape index (κ1) is 16.6. The Bertz CT molecular complexity index is 893. The Kier molecular flexibility index (Phi) is 4.58. The summed E-state index contributed by atoms with van der Waals surface area (Å²) >= 11 is 0. The summed E-state index contributed by atoms with van der Waals surface area (Å²) in [4.78, 5) is 11.5. The molecule has 0 N–H and O–H groups in total. The molecule has 4 rings (SSSR count). The van der Waals surface area contributed by atoms with Crippen LogP contribution in [-0.4, -0.2) is 35.6 Å². The van der Waals surface area contributed by atoms with Crippen LogP contribution < -0.4 is 9.47 Å². The van der Waals surface area contributed by atoms with Gasteiger partial charge in [-0.3, -0.25) is 4.90 Å². The zero-order valence-electron chi connectivity index (χ0n) is 14.9. The van der Waals surface area contributed by atoms with Crippen molar-refractivity contribution in [2.45, 2.75) is 19.5 Å². The van der Waals surface area contributed by atoms with Crippen molar-refractivity contribution in [2.75, 3.05) is 20.8 Å². The number of rotatable bonds is 5. The van der Waals surface area contributed by atoms with E-state index in [2.05, 4.69) is 14.9 Å². The number of ether oxygens (including phenoxy) is 2. The molecule has 0 amide bonds. The maximum atomic E-state index is 5.50. The van der Waals surface area contributed by atoms with E-state index in [1.165, 1.54) is 0 Å². The predicted molar refractivity (Wildman–Crippen MR) is 97.1 cm³/mol. The fourth-order valence-electron chi connectivity index (χ4n) is 3.28. The molecule has 3 aromatic rings. The van der Waals surface area contributed by atoms with Crippen LogP contribution in [0.1, 0.15) is 16.8 Å². The fourth-order valence-corrected chi connectivity index (χ4v) is 3.28. The van der Waals surface area contributed by atoms with Crippen molar-refractivity contribution in [2.24, 2.45) is 0 Å². The second kappa shape index (κ2) is 7.17. The summed E-state index contributed by atoms with van der Waals surface area (Å²) in [5.41, 5.74) is 3.37. The summed E-state index contributed by atoms with van der Waals surface area (Å²) in [7, 11) is 3.37. The largest absolute Gasteiger partial charge is 0.497 e. The molecule has 1 aliphatic rings. The molecule has 0 bridgehead atoms. The third-order valence-corrected chi connectivity index (χ3v) is 4.64. The molecule has 0 spiro atoms. The lowest BCUT2D eigenvalue weighted by Gasteiger charge is -2.28. The van der Waals surface area contributed by atoms with Gasteiger partial charge in [-0.1, -0.05) is 0 Å². The van der Waals surface area contributed by atoms with E-state index in [-0.39, 0.29) is 0 Å². The highest BCUT2D eigenvalue weighted by atomic mass is 16.5. The molecule has 1 aliphatic heterocycles. The number of hydrogen-bond donors (Lipinski definition) is 0. The van der Waals surface area contributed by atoms with Gasteiger partial charge >= 0.3 is 0 Å². The number of furan rings is 1. The fraction of sp³-hybridized carbons (Fsp3) is 0.300. The van der Waals surface area contributed by atoms with Gasteiger partial charge in [0.2, 0.25) is 0 Å². The lowest BCUT2D eigenvalue weighted by molar-refractivity contribution is 0.238. The molecule has 2 aromatic heterocycles. The molecule has 26 heavy (non-hydrogen) atoms. The van der Waals surface area contributed by atoms with Crippen LogP contribution in [0.5, 0.6) is 11.5 Å². The maximum absolute atomic E-state index is 5.50. The second-order valence-electron chi connectivity index (χ2n) is 6.28. The molecule has 3 heterocycles. The Morgan fingerprint density at radius 3 is 2.88 bits per heavy atom. The smallest absolute Gasteiger partial charge is 0.195 e. The minimum absolute atomic E-state index is 0.650. The van der Waals surface area contributed by atoms with E-state index in [9.17, 15) is 0 Å². The Morgan fingerprint density at radius 2 is 2.12 bits per heavy atom. The molecule has 6 nitrogen and oxygen atoms in total. The summed E-state index contributed by atoms with van der Waals surface area (Å²) in [5.74, 6) is 3.07. The zero-order chi connectivity index (χ0) is 17.9. The minimum atomic E-state index is 0.650. The zero-order valence-corrected chi connectivity index (χ0v) is 14.9. The predicted octanol–water partition coefficient (Wildman–Crippen LogP) is 3.31. The van der Waals surface area contributed by atoms with Gasteiger partial charge < -0.3 is 13.9 Å². The highest BCUT2D eigenvalue weighted by Crippen LogP contribution is 2.28. The van der Waals surface area contributed by atoms with E-state index < -0.39 is 0 Å². The number of fused-ring (bicyclic) bond motifs is 1. The number of hydrogen-bond acceptors (Lipinski definition) is 6. The molecule has 0 atom stereocenters. The van der Waals surface area contributed by atoms with Gasteiger partial charge in [0.1, 0.15) is 11.5 Å². The second-order valence-corrected chi connectivity index (χ2v) is 6.28. The first-order valence-corrected chi connectivity index (χ1v) is 8.58. The molecule has 0 aliphatic carbocycles. The monoisotopic (exact) mass is 351 g/mol. The van der Waals surface area contributed by atoms with Crippen LogP contribution in [0.3, 0.4) is 0 Å². The highest BCUT2D eigenvalue weighted by Gasteiger charge is 2.20. The molecule has 0 fully saturated rings. The third-order valence-electron chi connectivity index (χ3n) is 4.64. The van der Waals surface area contributed by atoms with Crippen LogP contribution in [-0.2, 0) is 19.5 Å². The Hall–Kier alpha value is -2.86. The molecule has 0 saturated heterocycles. The van der Waals surface area contributed by atoms with Gasteiger partial charge in [-0.05, 0) is 30.3 Å². The number of aromatic nitrogens is 2. The standard InChI is InChI=1S/C20H21N3O3/c1-24-16-5-6-18(25-2)14(10-16)12-23-8-7-17-15(13-23)11-21-20(22-17)19-4-3-9-26-19/h3-6,9-11H,7-8,12-13H2,1-2H3. The van der Waals surface area contributed by atoms with E-state index in [1.807, 2.05) is 36.5 Å². The van der Waals surface area contributed by atoms with Gasteiger partial charge in [-0.2, -0.15) is 0 Å². The molecule has 0 radical (unpaired) electrons. The van der Waals surface area contributed by atoms with Gasteiger partial charge in [-0.25, -0.2) is 9.97 Å². The van der Waals surface area contributed by atoms with Crippen LogP contribution in [0.2, 0.25) is 0 Å². The van der Waals surface area contributed by atoms with E-state index >= 15 is 0 Å². The van der Waals surface area contributed by atoms with Gasteiger partial charge in [0, 0.05) is 43.4 Å².